The second-order valence-electron chi connectivity index (χ2n) is 9.41. The van der Waals surface area contributed by atoms with Gasteiger partial charge in [-0.05, 0) is 100 Å². The lowest BCUT2D eigenvalue weighted by Crippen LogP contribution is -2.30. The average Bonchev–Trinajstić information content (AvgIpc) is 2.86. The van der Waals surface area contributed by atoms with Crippen molar-refractivity contribution in [3.8, 4) is 11.4 Å². The smallest absolute Gasteiger partial charge is 0.266 e. The van der Waals surface area contributed by atoms with Crippen LogP contribution >= 0.6 is 11.8 Å². The van der Waals surface area contributed by atoms with E-state index in [2.05, 4.69) is 5.32 Å². The van der Waals surface area contributed by atoms with Gasteiger partial charge in [0, 0.05) is 17.2 Å². The Morgan fingerprint density at radius 3 is 2.26 bits per heavy atom. The molecular formula is C30H31N3O4S. The van der Waals surface area contributed by atoms with Crippen LogP contribution in [0.1, 0.15) is 52.6 Å². The molecule has 0 aliphatic carbocycles. The van der Waals surface area contributed by atoms with Crippen LogP contribution in [0.25, 0.3) is 16.6 Å². The largest absolute Gasteiger partial charge is 0.494 e. The summed E-state index contributed by atoms with van der Waals surface area (Å²) in [5.74, 6) is 0.463. The number of ether oxygens (including phenoxy) is 1. The fraction of sp³-hybridized carbons (Fsp3) is 0.267. The van der Waals surface area contributed by atoms with Crippen molar-refractivity contribution in [1.29, 1.82) is 0 Å². The topological polar surface area (TPSA) is 90.3 Å². The zero-order valence-electron chi connectivity index (χ0n) is 22.2. The molecule has 4 rings (SSSR count). The van der Waals surface area contributed by atoms with Crippen LogP contribution in [0.5, 0.6) is 5.75 Å². The van der Waals surface area contributed by atoms with Crippen LogP contribution in [0, 0.1) is 13.8 Å². The van der Waals surface area contributed by atoms with Crippen LogP contribution in [-0.4, -0.2) is 39.6 Å². The molecule has 0 saturated carbocycles. The Hall–Kier alpha value is -3.91. The third-order valence-electron chi connectivity index (χ3n) is 5.80. The monoisotopic (exact) mass is 529 g/mol. The average molecular weight is 530 g/mol. The first kappa shape index (κ1) is 27.1. The van der Waals surface area contributed by atoms with Gasteiger partial charge in [0.2, 0.25) is 0 Å². The second-order valence-corrected chi connectivity index (χ2v) is 10.4. The van der Waals surface area contributed by atoms with E-state index in [4.69, 9.17) is 9.72 Å². The molecule has 1 amide bonds. The molecule has 38 heavy (non-hydrogen) atoms. The number of ketones is 1. The van der Waals surface area contributed by atoms with E-state index in [-0.39, 0.29) is 29.0 Å². The second kappa shape index (κ2) is 11.6. The zero-order chi connectivity index (χ0) is 27.4. The van der Waals surface area contributed by atoms with E-state index in [9.17, 15) is 14.4 Å². The standard InChI is InChI=1S/C30H31N3O4S/c1-6-37-24-10-7-21(8-11-24)27(34)17-38-30-32-26-16-22(28(35)31-18(2)3)9-12-25(26)29(36)33(30)23-14-19(4)13-20(5)15-23/h7-16,18H,6,17H2,1-5H3,(H,31,35). The molecule has 0 spiro atoms. The highest BCUT2D eigenvalue weighted by atomic mass is 32.2. The third kappa shape index (κ3) is 6.14. The number of amides is 1. The summed E-state index contributed by atoms with van der Waals surface area (Å²) in [6.45, 7) is 10.2. The van der Waals surface area contributed by atoms with Gasteiger partial charge in [0.1, 0.15) is 5.75 Å². The maximum Gasteiger partial charge on any atom is 0.266 e. The molecule has 0 aliphatic heterocycles. The van der Waals surface area contributed by atoms with Crippen LogP contribution in [0.4, 0.5) is 0 Å². The van der Waals surface area contributed by atoms with E-state index in [1.807, 2.05) is 52.8 Å². The lowest BCUT2D eigenvalue weighted by atomic mass is 10.1. The van der Waals surface area contributed by atoms with Crippen molar-refractivity contribution in [2.24, 2.45) is 0 Å². The first-order valence-electron chi connectivity index (χ1n) is 12.5. The molecule has 1 aromatic heterocycles. The molecule has 8 heteroatoms. The Labute approximate surface area is 226 Å². The van der Waals surface area contributed by atoms with Crippen LogP contribution in [0.3, 0.4) is 0 Å². The molecule has 0 atom stereocenters. The maximum absolute atomic E-state index is 13.8. The van der Waals surface area contributed by atoms with Crippen molar-refractivity contribution in [3.63, 3.8) is 0 Å². The van der Waals surface area contributed by atoms with Gasteiger partial charge in [0.15, 0.2) is 10.9 Å². The number of hydrogen-bond donors (Lipinski definition) is 1. The SMILES string of the molecule is CCOc1ccc(C(=O)CSc2nc3cc(C(=O)NC(C)C)ccc3c(=O)n2-c2cc(C)cc(C)c2)cc1. The van der Waals surface area contributed by atoms with Gasteiger partial charge in [-0.1, -0.05) is 17.8 Å². The quantitative estimate of drug-likeness (QED) is 0.175. The summed E-state index contributed by atoms with van der Waals surface area (Å²) < 4.78 is 7.01. The van der Waals surface area contributed by atoms with Crippen molar-refractivity contribution in [1.82, 2.24) is 14.9 Å². The number of carbonyl (C=O) groups is 2. The molecular weight excluding hydrogens is 498 g/mol. The van der Waals surface area contributed by atoms with Crippen molar-refractivity contribution < 1.29 is 14.3 Å². The lowest BCUT2D eigenvalue weighted by molar-refractivity contribution is 0.0942. The summed E-state index contributed by atoms with van der Waals surface area (Å²) in [7, 11) is 0. The lowest BCUT2D eigenvalue weighted by Gasteiger charge is -2.15. The van der Waals surface area contributed by atoms with Crippen LogP contribution < -0.4 is 15.6 Å². The van der Waals surface area contributed by atoms with Gasteiger partial charge < -0.3 is 10.1 Å². The van der Waals surface area contributed by atoms with E-state index in [0.29, 0.717) is 45.2 Å². The molecule has 196 valence electrons. The molecule has 0 radical (unpaired) electrons. The Balaban J connectivity index is 1.76. The molecule has 0 aliphatic rings. The minimum Gasteiger partial charge on any atom is -0.494 e. The highest BCUT2D eigenvalue weighted by Crippen LogP contribution is 2.25. The minimum atomic E-state index is -0.258. The van der Waals surface area contributed by atoms with Gasteiger partial charge >= 0.3 is 0 Å². The predicted octanol–water partition coefficient (Wildman–Crippen LogP) is 5.51. The Bertz CT molecular complexity index is 1540. The Morgan fingerprint density at radius 1 is 0.974 bits per heavy atom. The summed E-state index contributed by atoms with van der Waals surface area (Å²) in [5, 5.41) is 3.64. The van der Waals surface area contributed by atoms with Gasteiger partial charge in [0.25, 0.3) is 11.5 Å². The summed E-state index contributed by atoms with van der Waals surface area (Å²) in [4.78, 5) is 44.1. The number of fused-ring (bicyclic) bond motifs is 1. The van der Waals surface area contributed by atoms with Crippen molar-refractivity contribution in [2.45, 2.75) is 45.8 Å². The number of hydrogen-bond acceptors (Lipinski definition) is 6. The summed E-state index contributed by atoms with van der Waals surface area (Å²) >= 11 is 1.20. The molecule has 4 aromatic rings. The normalized spacial score (nSPS) is 11.1. The van der Waals surface area contributed by atoms with Crippen LogP contribution in [0.15, 0.2) is 70.6 Å². The predicted molar refractivity (Wildman–Crippen MR) is 152 cm³/mol. The fourth-order valence-electron chi connectivity index (χ4n) is 4.17. The van der Waals surface area contributed by atoms with E-state index in [1.54, 1.807) is 47.0 Å². The molecule has 0 bridgehead atoms. The highest BCUT2D eigenvalue weighted by Gasteiger charge is 2.18. The fourth-order valence-corrected chi connectivity index (χ4v) is 5.08. The van der Waals surface area contributed by atoms with E-state index in [0.717, 1.165) is 11.1 Å². The summed E-state index contributed by atoms with van der Waals surface area (Å²) in [6, 6.07) is 17.8. The zero-order valence-corrected chi connectivity index (χ0v) is 23.0. The summed E-state index contributed by atoms with van der Waals surface area (Å²) in [6.07, 6.45) is 0. The van der Waals surface area contributed by atoms with Gasteiger partial charge in [0.05, 0.1) is 29.0 Å². The van der Waals surface area contributed by atoms with Gasteiger partial charge in [-0.25, -0.2) is 4.98 Å². The molecule has 3 aromatic carbocycles. The Kier molecular flexibility index (Phi) is 8.32. The number of aromatic nitrogens is 2. The highest BCUT2D eigenvalue weighted by molar-refractivity contribution is 7.99. The van der Waals surface area contributed by atoms with Gasteiger partial charge in [-0.15, -0.1) is 0 Å². The van der Waals surface area contributed by atoms with Crippen molar-refractivity contribution in [3.05, 3.63) is 93.3 Å². The number of rotatable bonds is 9. The van der Waals surface area contributed by atoms with Crippen molar-refractivity contribution >= 4 is 34.4 Å². The van der Waals surface area contributed by atoms with E-state index in [1.165, 1.54) is 11.8 Å². The maximum atomic E-state index is 13.8. The molecule has 0 fully saturated rings. The van der Waals surface area contributed by atoms with Crippen molar-refractivity contribution in [2.75, 3.05) is 12.4 Å². The van der Waals surface area contributed by atoms with Crippen LogP contribution in [-0.2, 0) is 0 Å². The van der Waals surface area contributed by atoms with Gasteiger partial charge in [-0.2, -0.15) is 0 Å². The first-order valence-corrected chi connectivity index (χ1v) is 13.5. The molecule has 1 heterocycles. The van der Waals surface area contributed by atoms with Crippen LogP contribution in [0.2, 0.25) is 0 Å². The number of carbonyl (C=O) groups excluding carboxylic acids is 2. The van der Waals surface area contributed by atoms with Gasteiger partial charge in [-0.3, -0.25) is 19.0 Å². The Morgan fingerprint density at radius 2 is 1.63 bits per heavy atom. The number of nitrogens with one attached hydrogen (secondary N) is 1. The number of thioether (sulfide) groups is 1. The number of aryl methyl sites for hydroxylation is 2. The van der Waals surface area contributed by atoms with E-state index >= 15 is 0 Å². The molecule has 0 saturated heterocycles. The molecule has 7 nitrogen and oxygen atoms in total. The minimum absolute atomic E-state index is 0.0246. The molecule has 1 N–H and O–H groups in total. The van der Waals surface area contributed by atoms with E-state index < -0.39 is 0 Å². The first-order chi connectivity index (χ1) is 18.2. The number of benzene rings is 3. The molecule has 0 unspecified atom stereocenters. The number of nitrogens with zero attached hydrogens (tertiary/aromatic N) is 2. The third-order valence-corrected chi connectivity index (χ3v) is 6.74. The summed E-state index contributed by atoms with van der Waals surface area (Å²) in [5.41, 5.74) is 3.82. The number of Topliss-reactive ketones (excluding diaryl/α,β-unsaturated/α-hetero) is 1.